The van der Waals surface area contributed by atoms with Crippen LogP contribution in [0.1, 0.15) is 20.7 Å². The van der Waals surface area contributed by atoms with E-state index in [0.717, 1.165) is 0 Å². The van der Waals surface area contributed by atoms with Crippen LogP contribution in [0.5, 0.6) is 0 Å². The molecule has 0 unspecified atom stereocenters. The van der Waals surface area contributed by atoms with Gasteiger partial charge in [0.25, 0.3) is 11.8 Å². The molecule has 2 heterocycles. The van der Waals surface area contributed by atoms with Crippen molar-refractivity contribution in [3.8, 4) is 0 Å². The maximum absolute atomic E-state index is 12.5. The van der Waals surface area contributed by atoms with Crippen molar-refractivity contribution in [2.45, 2.75) is 0 Å². The Morgan fingerprint density at radius 2 is 1.63 bits per heavy atom. The summed E-state index contributed by atoms with van der Waals surface area (Å²) in [6.07, 6.45) is 2.70. The average Bonchev–Trinajstić information content (AvgIpc) is 3.29. The molecule has 0 saturated heterocycles. The summed E-state index contributed by atoms with van der Waals surface area (Å²) in [6.45, 7) is 0. The van der Waals surface area contributed by atoms with E-state index < -0.39 is 0 Å². The highest BCUT2D eigenvalue weighted by molar-refractivity contribution is 6.07. The molecule has 27 heavy (non-hydrogen) atoms. The van der Waals surface area contributed by atoms with Crippen LogP contribution in [-0.2, 0) is 0 Å². The van der Waals surface area contributed by atoms with Crippen LogP contribution in [0.15, 0.2) is 59.9 Å². The van der Waals surface area contributed by atoms with E-state index in [1.54, 1.807) is 42.5 Å². The number of aromatic nitrogens is 5. The molecule has 2 amide bonds. The molecule has 2 aromatic carbocycles. The van der Waals surface area contributed by atoms with E-state index in [4.69, 9.17) is 0 Å². The van der Waals surface area contributed by atoms with Crippen molar-refractivity contribution in [1.29, 1.82) is 0 Å². The fourth-order valence-electron chi connectivity index (χ4n) is 2.56. The Morgan fingerprint density at radius 3 is 2.44 bits per heavy atom. The lowest BCUT2D eigenvalue weighted by atomic mass is 10.1. The number of nitrogens with zero attached hydrogens (tertiary/aromatic N) is 3. The van der Waals surface area contributed by atoms with Crippen LogP contribution in [0.4, 0.5) is 5.69 Å². The zero-order valence-corrected chi connectivity index (χ0v) is 13.8. The van der Waals surface area contributed by atoms with Gasteiger partial charge in [0.2, 0.25) is 0 Å². The van der Waals surface area contributed by atoms with E-state index in [1.165, 1.54) is 17.3 Å². The second-order valence-electron chi connectivity index (χ2n) is 5.68. The summed E-state index contributed by atoms with van der Waals surface area (Å²) < 4.78 is 1.32. The number of imidazole rings is 1. The first kappa shape index (κ1) is 16.3. The van der Waals surface area contributed by atoms with Gasteiger partial charge < -0.3 is 15.3 Å². The van der Waals surface area contributed by atoms with Crippen molar-refractivity contribution < 1.29 is 9.59 Å². The second-order valence-corrected chi connectivity index (χ2v) is 5.68. The zero-order chi connectivity index (χ0) is 18.8. The van der Waals surface area contributed by atoms with Gasteiger partial charge in [-0.25, -0.2) is 9.47 Å². The summed E-state index contributed by atoms with van der Waals surface area (Å²) in [5.74, 6) is -0.743. The van der Waals surface area contributed by atoms with Gasteiger partial charge >= 0.3 is 5.69 Å². The number of fused-ring (bicyclic) bond motifs is 1. The summed E-state index contributed by atoms with van der Waals surface area (Å²) >= 11 is 0. The Kier molecular flexibility index (Phi) is 3.97. The fraction of sp³-hybridized carbons (Fsp3) is 0. The van der Waals surface area contributed by atoms with E-state index in [0.29, 0.717) is 27.8 Å². The number of anilines is 1. The fourth-order valence-corrected chi connectivity index (χ4v) is 2.56. The molecule has 0 atom stereocenters. The Morgan fingerprint density at radius 1 is 0.889 bits per heavy atom. The Labute approximate surface area is 151 Å². The van der Waals surface area contributed by atoms with Crippen LogP contribution in [-0.4, -0.2) is 36.7 Å². The van der Waals surface area contributed by atoms with Gasteiger partial charge in [-0.2, -0.15) is 0 Å². The van der Waals surface area contributed by atoms with Gasteiger partial charge in [0.15, 0.2) is 0 Å². The molecule has 4 N–H and O–H groups in total. The summed E-state index contributed by atoms with van der Waals surface area (Å²) in [5, 5.41) is 9.93. The highest BCUT2D eigenvalue weighted by Crippen LogP contribution is 2.15. The lowest BCUT2D eigenvalue weighted by molar-refractivity contribution is 0.100. The normalized spacial score (nSPS) is 10.7. The lowest BCUT2D eigenvalue weighted by Gasteiger charge is -2.08. The molecular weight excluding hydrogens is 350 g/mol. The first-order chi connectivity index (χ1) is 13.1. The predicted octanol–water partition coefficient (Wildman–Crippen LogP) is 1.08. The van der Waals surface area contributed by atoms with Gasteiger partial charge in [-0.3, -0.25) is 15.0 Å². The van der Waals surface area contributed by atoms with Crippen molar-refractivity contribution in [2.75, 3.05) is 10.7 Å². The highest BCUT2D eigenvalue weighted by atomic mass is 16.2. The molecule has 0 bridgehead atoms. The average molecular weight is 363 g/mol. The van der Waals surface area contributed by atoms with Crippen molar-refractivity contribution in [2.24, 2.45) is 0 Å². The predicted molar refractivity (Wildman–Crippen MR) is 97.0 cm³/mol. The van der Waals surface area contributed by atoms with Crippen LogP contribution in [0.25, 0.3) is 11.0 Å². The number of amides is 2. The number of hydrogen-bond donors (Lipinski definition) is 4. The second kappa shape index (κ2) is 6.59. The van der Waals surface area contributed by atoms with E-state index in [-0.39, 0.29) is 17.5 Å². The largest absolute Gasteiger partial charge is 0.323 e. The first-order valence-corrected chi connectivity index (χ1v) is 7.88. The molecule has 4 aromatic rings. The summed E-state index contributed by atoms with van der Waals surface area (Å²) in [6, 6.07) is 11.3. The highest BCUT2D eigenvalue weighted by Gasteiger charge is 2.11. The molecule has 0 aliphatic carbocycles. The molecule has 0 aliphatic heterocycles. The maximum atomic E-state index is 12.5. The molecule has 0 saturated carbocycles. The zero-order valence-electron chi connectivity index (χ0n) is 13.8. The summed E-state index contributed by atoms with van der Waals surface area (Å²) in [4.78, 5) is 41.2. The van der Waals surface area contributed by atoms with Crippen LogP contribution < -0.4 is 16.4 Å². The van der Waals surface area contributed by atoms with Crippen LogP contribution in [0, 0.1) is 0 Å². The third-order valence-electron chi connectivity index (χ3n) is 3.81. The monoisotopic (exact) mass is 363 g/mol. The first-order valence-electron chi connectivity index (χ1n) is 7.88. The minimum atomic E-state index is -0.378. The van der Waals surface area contributed by atoms with Gasteiger partial charge in [0.1, 0.15) is 12.7 Å². The molecule has 0 spiro atoms. The van der Waals surface area contributed by atoms with Crippen molar-refractivity contribution in [1.82, 2.24) is 24.8 Å². The van der Waals surface area contributed by atoms with Gasteiger partial charge in [-0.1, -0.05) is 6.07 Å². The van der Waals surface area contributed by atoms with Gasteiger partial charge in [0.05, 0.1) is 11.0 Å². The summed E-state index contributed by atoms with van der Waals surface area (Å²) in [5.41, 5.74) is 4.57. The van der Waals surface area contributed by atoms with Gasteiger partial charge in [-0.05, 0) is 36.4 Å². The molecule has 4 rings (SSSR count). The number of carbonyl (C=O) groups excluding carboxylic acids is 2. The molecule has 0 radical (unpaired) electrons. The number of nitrogens with one attached hydrogen (secondary N) is 4. The quantitative estimate of drug-likeness (QED) is 0.430. The number of aromatic amines is 2. The van der Waals surface area contributed by atoms with Crippen LogP contribution >= 0.6 is 0 Å². The molecule has 10 heteroatoms. The minimum Gasteiger partial charge on any atom is -0.322 e. The van der Waals surface area contributed by atoms with Crippen molar-refractivity contribution in [3.63, 3.8) is 0 Å². The third-order valence-corrected chi connectivity index (χ3v) is 3.81. The van der Waals surface area contributed by atoms with Crippen LogP contribution in [0.3, 0.4) is 0 Å². The number of H-pyrrole nitrogens is 2. The number of benzene rings is 2. The Bertz CT molecular complexity index is 1190. The van der Waals surface area contributed by atoms with Crippen molar-refractivity contribution in [3.05, 3.63) is 76.7 Å². The molecule has 134 valence electrons. The lowest BCUT2D eigenvalue weighted by Crippen LogP contribution is -2.21. The van der Waals surface area contributed by atoms with Crippen molar-refractivity contribution >= 4 is 28.5 Å². The Hall–Kier alpha value is -4.21. The third kappa shape index (κ3) is 3.44. The molecule has 0 aliphatic rings. The molecular formula is C17H13N7O3. The van der Waals surface area contributed by atoms with Gasteiger partial charge in [0, 0.05) is 16.8 Å². The number of rotatable bonds is 4. The van der Waals surface area contributed by atoms with Gasteiger partial charge in [-0.15, -0.1) is 10.2 Å². The van der Waals surface area contributed by atoms with Crippen LogP contribution in [0.2, 0.25) is 0 Å². The smallest absolute Gasteiger partial charge is 0.322 e. The molecule has 0 fully saturated rings. The minimum absolute atomic E-state index is 0.339. The number of carbonyl (C=O) groups is 2. The van der Waals surface area contributed by atoms with E-state index in [9.17, 15) is 14.4 Å². The van der Waals surface area contributed by atoms with E-state index in [2.05, 4.69) is 30.9 Å². The SMILES string of the molecule is O=C(Nc1cccc(C(=O)Nn2cnnc2)c1)c1ccc2[nH]c(=O)[nH]c2c1. The standard InChI is InChI=1S/C17H13N7O3/c25-15(11-4-5-13-14(7-11)22-17(27)21-13)20-12-3-1-2-10(6-12)16(26)23-24-8-18-19-9-24/h1-9H,(H,20,25)(H,23,26)(H2,21,22,27). The maximum Gasteiger partial charge on any atom is 0.323 e. The Balaban J connectivity index is 1.52. The topological polar surface area (TPSA) is 138 Å². The summed E-state index contributed by atoms with van der Waals surface area (Å²) in [7, 11) is 0. The van der Waals surface area contributed by atoms with E-state index >= 15 is 0 Å². The number of hydrogen-bond acceptors (Lipinski definition) is 5. The van der Waals surface area contributed by atoms with E-state index in [1.807, 2.05) is 0 Å². The molecule has 2 aromatic heterocycles. The molecule has 10 nitrogen and oxygen atoms in total.